The zero-order valence-corrected chi connectivity index (χ0v) is 9.45. The minimum Gasteiger partial charge on any atom is -0.363 e. The minimum absolute atomic E-state index is 0.0232. The Morgan fingerprint density at radius 1 is 1.75 bits per heavy atom. The second-order valence-corrected chi connectivity index (χ2v) is 4.23. The third-order valence-corrected chi connectivity index (χ3v) is 3.05. The van der Waals surface area contributed by atoms with Crippen LogP contribution in [0.15, 0.2) is 17.0 Å². The van der Waals surface area contributed by atoms with E-state index in [0.717, 1.165) is 32.2 Å². The van der Waals surface area contributed by atoms with Gasteiger partial charge in [-0.2, -0.15) is 0 Å². The Bertz CT molecular complexity index is 342. The van der Waals surface area contributed by atoms with Crippen molar-refractivity contribution in [3.63, 3.8) is 0 Å². The molecule has 1 aliphatic rings. The van der Waals surface area contributed by atoms with Gasteiger partial charge >= 0.3 is 0 Å². The van der Waals surface area contributed by atoms with Gasteiger partial charge in [0.05, 0.1) is 11.7 Å². The van der Waals surface area contributed by atoms with E-state index < -0.39 is 5.54 Å². The van der Waals surface area contributed by atoms with Crippen molar-refractivity contribution in [1.82, 2.24) is 10.5 Å². The Labute approximate surface area is 94.6 Å². The van der Waals surface area contributed by atoms with E-state index in [0.29, 0.717) is 5.69 Å². The van der Waals surface area contributed by atoms with E-state index >= 15 is 0 Å². The van der Waals surface area contributed by atoms with Crippen LogP contribution in [-0.2, 0) is 4.79 Å². The Balaban J connectivity index is 2.05. The quantitative estimate of drug-likeness (QED) is 0.812. The summed E-state index contributed by atoms with van der Waals surface area (Å²) in [6, 6.07) is 0. The van der Waals surface area contributed by atoms with Crippen molar-refractivity contribution >= 4 is 11.6 Å². The van der Waals surface area contributed by atoms with Crippen LogP contribution in [0.25, 0.3) is 0 Å². The smallest absolute Gasteiger partial charge is 0.244 e. The first kappa shape index (κ1) is 11.1. The second kappa shape index (κ2) is 4.65. The van der Waals surface area contributed by atoms with E-state index in [4.69, 9.17) is 0 Å². The number of anilines is 1. The number of hydrogen-bond donors (Lipinski definition) is 2. The molecule has 0 spiro atoms. The molecule has 1 aliphatic heterocycles. The fourth-order valence-corrected chi connectivity index (χ4v) is 2.27. The van der Waals surface area contributed by atoms with Crippen LogP contribution in [0.1, 0.15) is 32.6 Å². The van der Waals surface area contributed by atoms with Gasteiger partial charge in [0.2, 0.25) is 5.91 Å². The number of hydrogen-bond acceptors (Lipinski definition) is 4. The SMILES string of the molecule is CCCC1(C(=O)Nc2cnoc2)CCCN1. The normalized spacial score (nSPS) is 24.6. The van der Waals surface area contributed by atoms with Crippen molar-refractivity contribution in [3.05, 3.63) is 12.5 Å². The molecule has 88 valence electrons. The second-order valence-electron chi connectivity index (χ2n) is 4.23. The molecule has 0 radical (unpaired) electrons. The molecule has 2 heterocycles. The Kier molecular flexibility index (Phi) is 3.24. The first-order valence-electron chi connectivity index (χ1n) is 5.73. The van der Waals surface area contributed by atoms with Gasteiger partial charge in [-0.3, -0.25) is 4.79 Å². The fraction of sp³-hybridized carbons (Fsp3) is 0.636. The van der Waals surface area contributed by atoms with Crippen molar-refractivity contribution in [2.24, 2.45) is 0 Å². The standard InChI is InChI=1S/C11H17N3O2/c1-2-4-11(5-3-6-12-11)10(15)14-9-7-13-16-8-9/h7-8,12H,2-6H2,1H3,(H,14,15). The van der Waals surface area contributed by atoms with Crippen molar-refractivity contribution in [2.45, 2.75) is 38.1 Å². The average molecular weight is 223 g/mol. The predicted octanol–water partition coefficient (Wildman–Crippen LogP) is 1.54. The van der Waals surface area contributed by atoms with E-state index in [1.54, 1.807) is 0 Å². The Hall–Kier alpha value is -1.36. The van der Waals surface area contributed by atoms with Crippen LogP contribution in [0.4, 0.5) is 5.69 Å². The lowest BCUT2D eigenvalue weighted by atomic mass is 9.91. The largest absolute Gasteiger partial charge is 0.363 e. The molecular weight excluding hydrogens is 206 g/mol. The molecule has 1 unspecified atom stereocenters. The number of carbonyl (C=O) groups excluding carboxylic acids is 1. The van der Waals surface area contributed by atoms with Crippen LogP contribution in [0, 0.1) is 0 Å². The molecule has 1 atom stereocenters. The van der Waals surface area contributed by atoms with Crippen molar-refractivity contribution in [3.8, 4) is 0 Å². The summed E-state index contributed by atoms with van der Waals surface area (Å²) in [4.78, 5) is 12.2. The number of nitrogens with one attached hydrogen (secondary N) is 2. The van der Waals surface area contributed by atoms with Gasteiger partial charge in [-0.05, 0) is 25.8 Å². The van der Waals surface area contributed by atoms with Crippen molar-refractivity contribution in [1.29, 1.82) is 0 Å². The summed E-state index contributed by atoms with van der Waals surface area (Å²) in [6.45, 7) is 3.01. The highest BCUT2D eigenvalue weighted by atomic mass is 16.5. The number of nitrogens with zero attached hydrogens (tertiary/aromatic N) is 1. The van der Waals surface area contributed by atoms with E-state index in [1.807, 2.05) is 0 Å². The lowest BCUT2D eigenvalue weighted by Gasteiger charge is -2.27. The minimum atomic E-state index is -0.397. The average Bonchev–Trinajstić information content (AvgIpc) is 2.89. The summed E-state index contributed by atoms with van der Waals surface area (Å²) in [7, 11) is 0. The maximum Gasteiger partial charge on any atom is 0.244 e. The molecule has 1 saturated heterocycles. The van der Waals surface area contributed by atoms with Gasteiger partial charge in [0.1, 0.15) is 12.0 Å². The summed E-state index contributed by atoms with van der Waals surface area (Å²) in [5, 5.41) is 9.71. The summed E-state index contributed by atoms with van der Waals surface area (Å²) >= 11 is 0. The van der Waals surface area contributed by atoms with Crippen LogP contribution in [0.5, 0.6) is 0 Å². The Morgan fingerprint density at radius 2 is 2.62 bits per heavy atom. The summed E-state index contributed by atoms with van der Waals surface area (Å²) in [6.07, 6.45) is 6.75. The van der Waals surface area contributed by atoms with Gasteiger partial charge < -0.3 is 15.2 Å². The van der Waals surface area contributed by atoms with Crippen LogP contribution in [-0.4, -0.2) is 23.1 Å². The van der Waals surface area contributed by atoms with E-state index in [9.17, 15) is 4.79 Å². The molecule has 2 N–H and O–H groups in total. The van der Waals surface area contributed by atoms with Crippen LogP contribution >= 0.6 is 0 Å². The molecule has 1 fully saturated rings. The van der Waals surface area contributed by atoms with Gasteiger partial charge in [-0.1, -0.05) is 18.5 Å². The summed E-state index contributed by atoms with van der Waals surface area (Å²) < 4.78 is 4.69. The maximum absolute atomic E-state index is 12.2. The molecule has 5 nitrogen and oxygen atoms in total. The third-order valence-electron chi connectivity index (χ3n) is 3.05. The summed E-state index contributed by atoms with van der Waals surface area (Å²) in [5.74, 6) is 0.0232. The van der Waals surface area contributed by atoms with E-state index in [-0.39, 0.29) is 5.91 Å². The molecule has 0 aromatic carbocycles. The van der Waals surface area contributed by atoms with Gasteiger partial charge in [-0.25, -0.2) is 0 Å². The van der Waals surface area contributed by atoms with Gasteiger partial charge in [0.25, 0.3) is 0 Å². The first-order chi connectivity index (χ1) is 7.77. The van der Waals surface area contributed by atoms with Gasteiger partial charge in [0, 0.05) is 0 Å². The van der Waals surface area contributed by atoms with Gasteiger partial charge in [-0.15, -0.1) is 0 Å². The van der Waals surface area contributed by atoms with Gasteiger partial charge in [0.15, 0.2) is 0 Å². The zero-order valence-electron chi connectivity index (χ0n) is 9.45. The zero-order chi connectivity index (χ0) is 11.4. The highest BCUT2D eigenvalue weighted by molar-refractivity contribution is 5.98. The van der Waals surface area contributed by atoms with Crippen molar-refractivity contribution in [2.75, 3.05) is 11.9 Å². The van der Waals surface area contributed by atoms with Crippen molar-refractivity contribution < 1.29 is 9.32 Å². The molecule has 1 aromatic rings. The molecule has 16 heavy (non-hydrogen) atoms. The van der Waals surface area contributed by atoms with Crippen LogP contribution in [0.3, 0.4) is 0 Å². The molecule has 1 aromatic heterocycles. The lowest BCUT2D eigenvalue weighted by molar-refractivity contribution is -0.122. The molecule has 5 heteroatoms. The third kappa shape index (κ3) is 2.09. The topological polar surface area (TPSA) is 67.2 Å². The monoisotopic (exact) mass is 223 g/mol. The molecule has 0 bridgehead atoms. The highest BCUT2D eigenvalue weighted by Crippen LogP contribution is 2.26. The van der Waals surface area contributed by atoms with Crippen LogP contribution < -0.4 is 10.6 Å². The molecule has 1 amide bonds. The molecule has 2 rings (SSSR count). The number of amides is 1. The maximum atomic E-state index is 12.2. The van der Waals surface area contributed by atoms with E-state index in [2.05, 4.69) is 27.2 Å². The highest BCUT2D eigenvalue weighted by Gasteiger charge is 2.39. The lowest BCUT2D eigenvalue weighted by Crippen LogP contribution is -2.50. The predicted molar refractivity (Wildman–Crippen MR) is 60.0 cm³/mol. The number of aromatic nitrogens is 1. The number of rotatable bonds is 4. The Morgan fingerprint density at radius 3 is 3.19 bits per heavy atom. The number of carbonyl (C=O) groups is 1. The molecule has 0 saturated carbocycles. The van der Waals surface area contributed by atoms with Crippen LogP contribution in [0.2, 0.25) is 0 Å². The fourth-order valence-electron chi connectivity index (χ4n) is 2.27. The summed E-state index contributed by atoms with van der Waals surface area (Å²) in [5.41, 5.74) is 0.223. The van der Waals surface area contributed by atoms with E-state index in [1.165, 1.54) is 12.5 Å². The first-order valence-corrected chi connectivity index (χ1v) is 5.73. The molecular formula is C11H17N3O2. The molecule has 0 aliphatic carbocycles.